The van der Waals surface area contributed by atoms with Crippen molar-refractivity contribution in [2.45, 2.75) is 12.5 Å². The number of nitrogens with two attached hydrogens (primary N) is 1. The van der Waals surface area contributed by atoms with Gasteiger partial charge >= 0.3 is 5.97 Å². The zero-order chi connectivity index (χ0) is 19.4. The summed E-state index contributed by atoms with van der Waals surface area (Å²) in [5.41, 5.74) is 7.36. The van der Waals surface area contributed by atoms with Crippen LogP contribution in [0, 0.1) is 0 Å². The highest BCUT2D eigenvalue weighted by Crippen LogP contribution is 2.24. The number of benzene rings is 3. The lowest BCUT2D eigenvalue weighted by Crippen LogP contribution is -2.37. The van der Waals surface area contributed by atoms with E-state index in [2.05, 4.69) is 21.0 Å². The van der Waals surface area contributed by atoms with Crippen molar-refractivity contribution in [2.24, 2.45) is 0 Å². The molecule has 0 aliphatic carbocycles. The molecule has 0 bridgehead atoms. The van der Waals surface area contributed by atoms with Crippen LogP contribution in [0.25, 0.3) is 10.8 Å². The Balaban J connectivity index is 1.81. The lowest BCUT2D eigenvalue weighted by molar-refractivity contribution is -0.136. The van der Waals surface area contributed by atoms with Gasteiger partial charge in [-0.05, 0) is 53.3 Å². The van der Waals surface area contributed by atoms with Gasteiger partial charge in [0.2, 0.25) is 0 Å². The van der Waals surface area contributed by atoms with Crippen molar-refractivity contribution in [1.82, 2.24) is 5.09 Å². The molecule has 0 saturated carbocycles. The van der Waals surface area contributed by atoms with E-state index in [0.29, 0.717) is 11.4 Å². The first-order valence-electron chi connectivity index (χ1n) is 8.44. The van der Waals surface area contributed by atoms with E-state index in [0.717, 1.165) is 20.8 Å². The molecule has 0 amide bonds. The molecule has 140 valence electrons. The predicted molar refractivity (Wildman–Crippen MR) is 114 cm³/mol. The maximum atomic E-state index is 12.7. The summed E-state index contributed by atoms with van der Waals surface area (Å²) in [6, 6.07) is 18.0. The smallest absolute Gasteiger partial charge is 0.329 e. The molecule has 2 atom stereocenters. The van der Waals surface area contributed by atoms with Crippen LogP contribution in [0.5, 0.6) is 5.75 Å². The standard InChI is InChI=1S/C20H20BrN2O3P/c1-27(25)23-19(12-15-10-16(21)7-9-18(15)22)20(24)26-17-8-6-13-4-2-3-5-14(13)11-17/h2-11,19,27H,12,22H2,1H3,(H,23,25)/t19-/m0/s1. The van der Waals surface area contributed by atoms with Gasteiger partial charge < -0.3 is 15.0 Å². The summed E-state index contributed by atoms with van der Waals surface area (Å²) >= 11 is 3.40. The third kappa shape index (κ3) is 5.19. The molecule has 0 spiro atoms. The topological polar surface area (TPSA) is 81.4 Å². The number of rotatable bonds is 6. The Labute approximate surface area is 166 Å². The minimum atomic E-state index is -2.10. The van der Waals surface area contributed by atoms with Gasteiger partial charge in [-0.1, -0.05) is 46.3 Å². The number of halogens is 1. The van der Waals surface area contributed by atoms with Crippen LogP contribution < -0.4 is 15.6 Å². The number of nitrogen functional groups attached to an aromatic ring is 1. The van der Waals surface area contributed by atoms with Gasteiger partial charge in [0.1, 0.15) is 19.7 Å². The van der Waals surface area contributed by atoms with Gasteiger partial charge in [-0.2, -0.15) is 0 Å². The SMILES string of the molecule is C[PH](=O)N[C@@H](Cc1cc(Br)ccc1N)C(=O)Oc1ccc2ccccc2c1. The predicted octanol–water partition coefficient (Wildman–Crippen LogP) is 4.40. The van der Waals surface area contributed by atoms with E-state index in [1.807, 2.05) is 48.5 Å². The van der Waals surface area contributed by atoms with Crippen molar-refractivity contribution in [1.29, 1.82) is 0 Å². The van der Waals surface area contributed by atoms with Crippen molar-refractivity contribution in [3.05, 3.63) is 70.7 Å². The number of carbonyl (C=O) groups excluding carboxylic acids is 1. The number of nitrogens with one attached hydrogen (secondary N) is 1. The van der Waals surface area contributed by atoms with E-state index in [1.54, 1.807) is 18.8 Å². The summed E-state index contributed by atoms with van der Waals surface area (Å²) in [7, 11) is -2.10. The molecule has 0 radical (unpaired) electrons. The van der Waals surface area contributed by atoms with Crippen LogP contribution in [0.1, 0.15) is 5.56 Å². The van der Waals surface area contributed by atoms with Gasteiger partial charge in [0, 0.05) is 16.6 Å². The summed E-state index contributed by atoms with van der Waals surface area (Å²) < 4.78 is 18.2. The molecular weight excluding hydrogens is 427 g/mol. The van der Waals surface area contributed by atoms with Gasteiger partial charge in [0.05, 0.1) is 0 Å². The number of hydrogen-bond acceptors (Lipinski definition) is 4. The molecule has 0 aliphatic rings. The molecule has 5 nitrogen and oxygen atoms in total. The molecule has 3 N–H and O–H groups in total. The van der Waals surface area contributed by atoms with Gasteiger partial charge in [0.15, 0.2) is 0 Å². The van der Waals surface area contributed by atoms with Crippen molar-refractivity contribution in [2.75, 3.05) is 12.4 Å². The zero-order valence-electron chi connectivity index (χ0n) is 14.7. The van der Waals surface area contributed by atoms with Crippen LogP contribution >= 0.6 is 23.9 Å². The van der Waals surface area contributed by atoms with Crippen molar-refractivity contribution < 1.29 is 14.1 Å². The highest BCUT2D eigenvalue weighted by Gasteiger charge is 2.23. The molecule has 3 rings (SSSR count). The van der Waals surface area contributed by atoms with Crippen LogP contribution in [-0.4, -0.2) is 18.7 Å². The Bertz CT molecular complexity index is 1010. The minimum absolute atomic E-state index is 0.280. The summed E-state index contributed by atoms with van der Waals surface area (Å²) in [5, 5.41) is 4.87. The zero-order valence-corrected chi connectivity index (χ0v) is 17.3. The fourth-order valence-electron chi connectivity index (χ4n) is 2.83. The van der Waals surface area contributed by atoms with E-state index in [-0.39, 0.29) is 6.42 Å². The van der Waals surface area contributed by atoms with Crippen LogP contribution in [0.4, 0.5) is 5.69 Å². The van der Waals surface area contributed by atoms with Crippen molar-refractivity contribution >= 4 is 46.3 Å². The fourth-order valence-corrected chi connectivity index (χ4v) is 3.95. The highest BCUT2D eigenvalue weighted by molar-refractivity contribution is 9.10. The number of esters is 1. The van der Waals surface area contributed by atoms with Crippen molar-refractivity contribution in [3.63, 3.8) is 0 Å². The quantitative estimate of drug-likeness (QED) is 0.254. The number of fused-ring (bicyclic) bond motifs is 1. The molecular formula is C20H20BrN2O3P. The molecule has 1 unspecified atom stereocenters. The molecule has 3 aromatic rings. The van der Waals surface area contributed by atoms with Gasteiger partial charge in [-0.15, -0.1) is 0 Å². The second-order valence-electron chi connectivity index (χ2n) is 6.23. The first-order chi connectivity index (χ1) is 12.9. The summed E-state index contributed by atoms with van der Waals surface area (Å²) in [5.74, 6) is -0.0478. The van der Waals surface area contributed by atoms with Crippen LogP contribution in [-0.2, 0) is 15.8 Å². The summed E-state index contributed by atoms with van der Waals surface area (Å²) in [6.07, 6.45) is 0.280. The molecule has 7 heteroatoms. The molecule has 0 fully saturated rings. The maximum absolute atomic E-state index is 12.7. The Morgan fingerprint density at radius 1 is 1.15 bits per heavy atom. The van der Waals surface area contributed by atoms with Gasteiger partial charge in [0.25, 0.3) is 0 Å². The summed E-state index contributed by atoms with van der Waals surface area (Å²) in [6.45, 7) is 1.55. The molecule has 0 heterocycles. The second kappa shape index (κ2) is 8.70. The van der Waals surface area contributed by atoms with E-state index in [4.69, 9.17) is 10.5 Å². The molecule has 0 aliphatic heterocycles. The first kappa shape index (κ1) is 19.6. The minimum Gasteiger partial charge on any atom is -0.425 e. The van der Waals surface area contributed by atoms with Gasteiger partial charge in [-0.25, -0.2) is 4.79 Å². The van der Waals surface area contributed by atoms with Crippen LogP contribution in [0.2, 0.25) is 0 Å². The molecule has 27 heavy (non-hydrogen) atoms. The van der Waals surface area contributed by atoms with E-state index in [9.17, 15) is 9.36 Å². The number of hydrogen-bond donors (Lipinski definition) is 2. The first-order valence-corrected chi connectivity index (χ1v) is 11.1. The highest BCUT2D eigenvalue weighted by atomic mass is 79.9. The summed E-state index contributed by atoms with van der Waals surface area (Å²) in [4.78, 5) is 12.7. The third-order valence-electron chi connectivity index (χ3n) is 4.13. The lowest BCUT2D eigenvalue weighted by atomic mass is 10.0. The Kier molecular flexibility index (Phi) is 6.32. The van der Waals surface area contributed by atoms with Crippen LogP contribution in [0.15, 0.2) is 65.1 Å². The largest absolute Gasteiger partial charge is 0.425 e. The Morgan fingerprint density at radius 2 is 1.89 bits per heavy atom. The second-order valence-corrected chi connectivity index (χ2v) is 8.55. The van der Waals surface area contributed by atoms with Gasteiger partial charge in [-0.3, -0.25) is 5.09 Å². The third-order valence-corrected chi connectivity index (χ3v) is 5.38. The van der Waals surface area contributed by atoms with Crippen LogP contribution in [0.3, 0.4) is 0 Å². The van der Waals surface area contributed by atoms with Crippen molar-refractivity contribution in [3.8, 4) is 5.75 Å². The number of carbonyl (C=O) groups is 1. The normalized spacial score (nSPS) is 13.3. The Morgan fingerprint density at radius 3 is 2.63 bits per heavy atom. The van der Waals surface area contributed by atoms with E-state index in [1.165, 1.54) is 0 Å². The Hall–Kier alpha value is -2.14. The fraction of sp³-hybridized carbons (Fsp3) is 0.150. The monoisotopic (exact) mass is 446 g/mol. The van der Waals surface area contributed by atoms with E-state index < -0.39 is 20.0 Å². The average Bonchev–Trinajstić information content (AvgIpc) is 2.63. The number of ether oxygens (including phenoxy) is 1. The molecule has 3 aromatic carbocycles. The van der Waals surface area contributed by atoms with E-state index >= 15 is 0 Å². The average molecular weight is 447 g/mol. The maximum Gasteiger partial charge on any atom is 0.329 e. The number of anilines is 1. The molecule has 0 aromatic heterocycles. The molecule has 0 saturated heterocycles. The lowest BCUT2D eigenvalue weighted by Gasteiger charge is -2.18.